The Kier molecular flexibility index (Phi) is 5.50. The zero-order valence-corrected chi connectivity index (χ0v) is 11.0. The van der Waals surface area contributed by atoms with Crippen molar-refractivity contribution >= 4 is 0 Å². The highest BCUT2D eigenvalue weighted by atomic mass is 15.1. The summed E-state index contributed by atoms with van der Waals surface area (Å²) in [5.41, 5.74) is 6.41. The Balaban J connectivity index is 2.55. The Morgan fingerprint density at radius 1 is 1.44 bits per heavy atom. The number of hydrogen-bond acceptors (Lipinski definition) is 2. The normalized spacial score (nSPS) is 30.6. The van der Waals surface area contributed by atoms with E-state index < -0.39 is 0 Å². The van der Waals surface area contributed by atoms with Crippen LogP contribution < -0.4 is 5.73 Å². The fraction of sp³-hybridized carbons (Fsp3) is 0.857. The van der Waals surface area contributed by atoms with Gasteiger partial charge in [0.2, 0.25) is 0 Å². The van der Waals surface area contributed by atoms with Crippen LogP contribution in [-0.4, -0.2) is 31.1 Å². The average Bonchev–Trinajstić information content (AvgIpc) is 2.32. The second-order valence-corrected chi connectivity index (χ2v) is 5.50. The number of nitrogens with zero attached hydrogens (tertiary/aromatic N) is 1. The maximum absolute atomic E-state index is 6.03. The lowest BCUT2D eigenvalue weighted by Crippen LogP contribution is -2.44. The molecule has 0 radical (unpaired) electrons. The highest BCUT2D eigenvalue weighted by molar-refractivity contribution is 4.89. The van der Waals surface area contributed by atoms with E-state index in [-0.39, 0.29) is 0 Å². The van der Waals surface area contributed by atoms with Crippen LogP contribution in [0.2, 0.25) is 0 Å². The average molecular weight is 224 g/mol. The summed E-state index contributed by atoms with van der Waals surface area (Å²) >= 11 is 0. The zero-order valence-electron chi connectivity index (χ0n) is 11.0. The third kappa shape index (κ3) is 3.60. The van der Waals surface area contributed by atoms with Gasteiger partial charge in [-0.05, 0) is 37.3 Å². The second-order valence-electron chi connectivity index (χ2n) is 5.50. The highest BCUT2D eigenvalue weighted by Gasteiger charge is 2.33. The van der Waals surface area contributed by atoms with Gasteiger partial charge in [0.25, 0.3) is 0 Å². The predicted molar refractivity (Wildman–Crippen MR) is 71.4 cm³/mol. The van der Waals surface area contributed by atoms with Crippen molar-refractivity contribution in [3.8, 4) is 0 Å². The summed E-state index contributed by atoms with van der Waals surface area (Å²) in [6.07, 6.45) is 7.31. The van der Waals surface area contributed by atoms with Gasteiger partial charge in [-0.3, -0.25) is 4.90 Å². The molecule has 0 unspecified atom stereocenters. The van der Waals surface area contributed by atoms with E-state index in [4.69, 9.17) is 5.73 Å². The lowest BCUT2D eigenvalue weighted by atomic mass is 9.70. The Hall–Kier alpha value is -0.340. The van der Waals surface area contributed by atoms with Crippen molar-refractivity contribution in [2.45, 2.75) is 39.5 Å². The van der Waals surface area contributed by atoms with Gasteiger partial charge in [-0.1, -0.05) is 32.8 Å². The molecule has 0 aromatic rings. The molecule has 0 spiro atoms. The maximum Gasteiger partial charge on any atom is 0.0160 e. The number of rotatable bonds is 6. The first kappa shape index (κ1) is 13.7. The van der Waals surface area contributed by atoms with Gasteiger partial charge in [0.05, 0.1) is 0 Å². The molecule has 0 amide bonds. The van der Waals surface area contributed by atoms with Gasteiger partial charge in [-0.25, -0.2) is 0 Å². The number of hydrogen-bond donors (Lipinski definition) is 1. The SMILES string of the molecule is C=CCN(CC)CC1(CN)CCC(C)CC1. The minimum atomic E-state index is 0.380. The molecular weight excluding hydrogens is 196 g/mol. The molecule has 94 valence electrons. The van der Waals surface area contributed by atoms with Crippen LogP contribution in [0.1, 0.15) is 39.5 Å². The molecule has 1 rings (SSSR count). The van der Waals surface area contributed by atoms with Crippen molar-refractivity contribution in [3.05, 3.63) is 12.7 Å². The van der Waals surface area contributed by atoms with E-state index in [9.17, 15) is 0 Å². The largest absolute Gasteiger partial charge is 0.330 e. The van der Waals surface area contributed by atoms with Crippen LogP contribution in [0.5, 0.6) is 0 Å². The molecule has 0 aromatic carbocycles. The fourth-order valence-electron chi connectivity index (χ4n) is 2.76. The van der Waals surface area contributed by atoms with Crippen molar-refractivity contribution in [1.29, 1.82) is 0 Å². The Morgan fingerprint density at radius 3 is 2.50 bits per heavy atom. The van der Waals surface area contributed by atoms with Gasteiger partial charge in [-0.2, -0.15) is 0 Å². The van der Waals surface area contributed by atoms with Crippen LogP contribution in [0.4, 0.5) is 0 Å². The lowest BCUT2D eigenvalue weighted by molar-refractivity contribution is 0.104. The molecule has 0 heterocycles. The molecular formula is C14H28N2. The molecule has 1 saturated carbocycles. The van der Waals surface area contributed by atoms with Crippen LogP contribution >= 0.6 is 0 Å². The van der Waals surface area contributed by atoms with Crippen LogP contribution in [0.25, 0.3) is 0 Å². The first-order valence-corrected chi connectivity index (χ1v) is 6.69. The number of likely N-dealkylation sites (N-methyl/N-ethyl adjacent to an activating group) is 1. The number of nitrogens with two attached hydrogens (primary N) is 1. The minimum Gasteiger partial charge on any atom is -0.330 e. The van der Waals surface area contributed by atoms with E-state index in [1.807, 2.05) is 6.08 Å². The van der Waals surface area contributed by atoms with Crippen molar-refractivity contribution in [1.82, 2.24) is 4.90 Å². The summed E-state index contributed by atoms with van der Waals surface area (Å²) in [5, 5.41) is 0. The molecule has 0 bridgehead atoms. The molecule has 1 aliphatic carbocycles. The molecule has 16 heavy (non-hydrogen) atoms. The summed E-state index contributed by atoms with van der Waals surface area (Å²) in [6, 6.07) is 0. The monoisotopic (exact) mass is 224 g/mol. The van der Waals surface area contributed by atoms with E-state index >= 15 is 0 Å². The maximum atomic E-state index is 6.03. The van der Waals surface area contributed by atoms with Crippen molar-refractivity contribution in [3.63, 3.8) is 0 Å². The van der Waals surface area contributed by atoms with Crippen LogP contribution in [0.3, 0.4) is 0 Å². The quantitative estimate of drug-likeness (QED) is 0.703. The van der Waals surface area contributed by atoms with E-state index in [1.165, 1.54) is 25.7 Å². The van der Waals surface area contributed by atoms with E-state index in [0.29, 0.717) is 5.41 Å². The lowest BCUT2D eigenvalue weighted by Gasteiger charge is -2.41. The van der Waals surface area contributed by atoms with Crippen LogP contribution in [-0.2, 0) is 0 Å². The van der Waals surface area contributed by atoms with Crippen LogP contribution in [0, 0.1) is 11.3 Å². The van der Waals surface area contributed by atoms with Crippen molar-refractivity contribution < 1.29 is 0 Å². The summed E-state index contributed by atoms with van der Waals surface area (Å²) in [7, 11) is 0. The second kappa shape index (κ2) is 6.41. The molecule has 2 heteroatoms. The molecule has 1 aliphatic rings. The molecule has 1 fully saturated rings. The molecule has 2 N–H and O–H groups in total. The summed E-state index contributed by atoms with van der Waals surface area (Å²) < 4.78 is 0. The standard InChI is InChI=1S/C14H28N2/c1-4-10-16(5-2)12-14(11-15)8-6-13(3)7-9-14/h4,13H,1,5-12,15H2,2-3H3. The van der Waals surface area contributed by atoms with Crippen LogP contribution in [0.15, 0.2) is 12.7 Å². The van der Waals surface area contributed by atoms with Crippen molar-refractivity contribution in [2.75, 3.05) is 26.2 Å². The van der Waals surface area contributed by atoms with Gasteiger partial charge in [0, 0.05) is 13.1 Å². The third-order valence-corrected chi connectivity index (χ3v) is 4.16. The molecule has 0 aromatic heterocycles. The highest BCUT2D eigenvalue weighted by Crippen LogP contribution is 2.38. The third-order valence-electron chi connectivity index (χ3n) is 4.16. The Morgan fingerprint density at radius 2 is 2.06 bits per heavy atom. The van der Waals surface area contributed by atoms with Gasteiger partial charge < -0.3 is 5.73 Å². The van der Waals surface area contributed by atoms with E-state index in [2.05, 4.69) is 25.3 Å². The van der Waals surface area contributed by atoms with Gasteiger partial charge in [0.1, 0.15) is 0 Å². The van der Waals surface area contributed by atoms with Gasteiger partial charge in [0.15, 0.2) is 0 Å². The molecule has 0 aliphatic heterocycles. The Labute approximate surface area is 101 Å². The molecule has 2 nitrogen and oxygen atoms in total. The van der Waals surface area contributed by atoms with E-state index in [1.54, 1.807) is 0 Å². The predicted octanol–water partition coefficient (Wildman–Crippen LogP) is 2.65. The summed E-state index contributed by atoms with van der Waals surface area (Å²) in [5.74, 6) is 0.897. The first-order chi connectivity index (χ1) is 7.65. The zero-order chi connectivity index (χ0) is 12.0. The van der Waals surface area contributed by atoms with Gasteiger partial charge >= 0.3 is 0 Å². The smallest absolute Gasteiger partial charge is 0.0160 e. The van der Waals surface area contributed by atoms with Gasteiger partial charge in [-0.15, -0.1) is 6.58 Å². The summed E-state index contributed by atoms with van der Waals surface area (Å²) in [4.78, 5) is 2.47. The minimum absolute atomic E-state index is 0.380. The van der Waals surface area contributed by atoms with E-state index in [0.717, 1.165) is 32.1 Å². The fourth-order valence-corrected chi connectivity index (χ4v) is 2.76. The molecule has 0 atom stereocenters. The topological polar surface area (TPSA) is 29.3 Å². The first-order valence-electron chi connectivity index (χ1n) is 6.69. The summed E-state index contributed by atoms with van der Waals surface area (Å²) in [6.45, 7) is 12.5. The van der Waals surface area contributed by atoms with Crippen molar-refractivity contribution in [2.24, 2.45) is 17.1 Å². The molecule has 0 saturated heterocycles. The Bertz CT molecular complexity index is 205.